The Labute approximate surface area is 212 Å². The number of hydrogen-bond donors (Lipinski definition) is 1. The molecule has 1 amide bonds. The van der Waals surface area contributed by atoms with Crippen LogP contribution in [0.4, 0.5) is 5.13 Å². The molecule has 0 aliphatic carbocycles. The summed E-state index contributed by atoms with van der Waals surface area (Å²) in [7, 11) is -3.60. The quantitative estimate of drug-likeness (QED) is 0.234. The second-order valence-electron chi connectivity index (χ2n) is 7.13. The predicted octanol–water partition coefficient (Wildman–Crippen LogP) is 4.16. The summed E-state index contributed by atoms with van der Waals surface area (Å²) in [6, 6.07) is 14.4. The zero-order valence-corrected chi connectivity index (χ0v) is 21.2. The molecule has 0 fully saturated rings. The van der Waals surface area contributed by atoms with Crippen molar-refractivity contribution in [3.8, 4) is 17.6 Å². The van der Waals surface area contributed by atoms with Gasteiger partial charge in [-0.3, -0.25) is 10.1 Å². The van der Waals surface area contributed by atoms with Crippen LogP contribution >= 0.6 is 23.1 Å². The summed E-state index contributed by atoms with van der Waals surface area (Å²) in [6.45, 7) is 2.66. The number of nitrogens with one attached hydrogen (secondary N) is 1. The normalized spacial score (nSPS) is 11.5. The highest BCUT2D eigenvalue weighted by molar-refractivity contribution is 7.90. The van der Waals surface area contributed by atoms with Gasteiger partial charge >= 0.3 is 0 Å². The van der Waals surface area contributed by atoms with Gasteiger partial charge in [0.25, 0.3) is 11.1 Å². The molecule has 1 heterocycles. The van der Waals surface area contributed by atoms with Gasteiger partial charge in [0.15, 0.2) is 0 Å². The summed E-state index contributed by atoms with van der Waals surface area (Å²) < 4.78 is 38.1. The summed E-state index contributed by atoms with van der Waals surface area (Å²) in [5, 5.41) is 11.6. The number of anilines is 1. The zero-order chi connectivity index (χ0) is 25.4. The lowest BCUT2D eigenvalue weighted by Crippen LogP contribution is -2.13. The van der Waals surface area contributed by atoms with E-state index in [-0.39, 0.29) is 17.3 Å². The highest BCUT2D eigenvalue weighted by Gasteiger charge is 2.17. The Bertz CT molecular complexity index is 1400. The van der Waals surface area contributed by atoms with Gasteiger partial charge in [0.2, 0.25) is 15.0 Å². The maximum atomic E-state index is 12.4. The Kier molecular flexibility index (Phi) is 8.81. The number of nitrogens with zero attached hydrogens (tertiary/aromatic N) is 3. The lowest BCUT2D eigenvalue weighted by atomic mass is 10.1. The number of carbonyl (C=O) groups excluding carboxylic acids is 1. The van der Waals surface area contributed by atoms with E-state index in [1.807, 2.05) is 24.3 Å². The van der Waals surface area contributed by atoms with Crippen LogP contribution in [0.15, 0.2) is 53.2 Å². The third-order valence-corrected chi connectivity index (χ3v) is 6.43. The number of para-hydroxylation sites is 1. The Morgan fingerprint density at radius 1 is 1.20 bits per heavy atom. The second-order valence-corrected chi connectivity index (χ2v) is 10.2. The van der Waals surface area contributed by atoms with Crippen LogP contribution in [-0.4, -0.2) is 43.2 Å². The fraction of sp³-hybridized carbons (Fsp3) is 0.217. The first kappa shape index (κ1) is 26.2. The molecular formula is C23H21ClN4O5S2. The van der Waals surface area contributed by atoms with Crippen LogP contribution in [0.5, 0.6) is 11.5 Å². The first-order valence-corrected chi connectivity index (χ1v) is 13.4. The van der Waals surface area contributed by atoms with E-state index in [2.05, 4.69) is 21.6 Å². The molecule has 12 heteroatoms. The Morgan fingerprint density at radius 3 is 2.54 bits per heavy atom. The van der Waals surface area contributed by atoms with Gasteiger partial charge in [-0.05, 0) is 41.8 Å². The average molecular weight is 533 g/mol. The van der Waals surface area contributed by atoms with Crippen LogP contribution in [-0.2, 0) is 21.1 Å². The maximum Gasteiger partial charge on any atom is 0.268 e. The number of aryl methyl sites for hydroxylation is 1. The molecular weight excluding hydrogens is 512 g/mol. The third-order valence-electron chi connectivity index (χ3n) is 4.54. The molecule has 0 bridgehead atoms. The van der Waals surface area contributed by atoms with Gasteiger partial charge in [-0.25, -0.2) is 8.42 Å². The third kappa shape index (κ3) is 7.26. The van der Waals surface area contributed by atoms with Crippen molar-refractivity contribution in [1.29, 1.82) is 5.26 Å². The molecule has 0 atom stereocenters. The zero-order valence-electron chi connectivity index (χ0n) is 18.8. The molecule has 0 unspecified atom stereocenters. The molecule has 35 heavy (non-hydrogen) atoms. The fourth-order valence-corrected chi connectivity index (χ4v) is 4.54. The van der Waals surface area contributed by atoms with Crippen molar-refractivity contribution in [3.63, 3.8) is 0 Å². The summed E-state index contributed by atoms with van der Waals surface area (Å²) in [5.41, 5.74) is 1.38. The Balaban J connectivity index is 1.60. The van der Waals surface area contributed by atoms with Crippen LogP contribution in [0.2, 0.25) is 5.02 Å². The molecule has 1 N–H and O–H groups in total. The summed E-state index contributed by atoms with van der Waals surface area (Å²) in [5.74, 6) is 0.486. The SMILES string of the molecule is CCc1ccccc1OCCOc1ccc(/C=C(/C#N)C(=O)Nc2nc(S(C)(=O)=O)ns2)cc1Cl. The highest BCUT2D eigenvalue weighted by atomic mass is 35.5. The van der Waals surface area contributed by atoms with Crippen LogP contribution in [0.25, 0.3) is 6.08 Å². The minimum absolute atomic E-state index is 0.0397. The minimum Gasteiger partial charge on any atom is -0.490 e. The number of aromatic nitrogens is 2. The van der Waals surface area contributed by atoms with E-state index >= 15 is 0 Å². The largest absolute Gasteiger partial charge is 0.490 e. The number of sulfone groups is 1. The molecule has 182 valence electrons. The first-order chi connectivity index (χ1) is 16.7. The summed E-state index contributed by atoms with van der Waals surface area (Å²) in [4.78, 5) is 16.2. The molecule has 1 aromatic heterocycles. The lowest BCUT2D eigenvalue weighted by Gasteiger charge is -2.12. The highest BCUT2D eigenvalue weighted by Crippen LogP contribution is 2.27. The van der Waals surface area contributed by atoms with E-state index in [0.29, 0.717) is 34.5 Å². The lowest BCUT2D eigenvalue weighted by molar-refractivity contribution is -0.112. The van der Waals surface area contributed by atoms with E-state index in [1.54, 1.807) is 24.3 Å². The van der Waals surface area contributed by atoms with E-state index in [9.17, 15) is 18.5 Å². The van der Waals surface area contributed by atoms with Crippen molar-refractivity contribution < 1.29 is 22.7 Å². The summed E-state index contributed by atoms with van der Waals surface area (Å²) in [6.07, 6.45) is 3.16. The molecule has 0 saturated carbocycles. The van der Waals surface area contributed by atoms with Gasteiger partial charge in [-0.1, -0.05) is 42.8 Å². The number of benzene rings is 2. The van der Waals surface area contributed by atoms with Crippen LogP contribution in [0.3, 0.4) is 0 Å². The van der Waals surface area contributed by atoms with E-state index < -0.39 is 20.9 Å². The van der Waals surface area contributed by atoms with Gasteiger partial charge in [0.1, 0.15) is 36.4 Å². The standard InChI is InChI=1S/C23H21ClN4O5S2/c1-3-16-6-4-5-7-19(16)32-10-11-33-20-9-8-15(13-18(20)24)12-17(14-25)21(29)26-22-27-23(28-34-22)35(2,30)31/h4-9,12-13H,3,10-11H2,1-2H3,(H,26,27,28,29)/b17-12-. The van der Waals surface area contributed by atoms with Crippen molar-refractivity contribution in [2.75, 3.05) is 24.8 Å². The molecule has 0 radical (unpaired) electrons. The number of hydrogen-bond acceptors (Lipinski definition) is 9. The van der Waals surface area contributed by atoms with Gasteiger partial charge < -0.3 is 9.47 Å². The van der Waals surface area contributed by atoms with Gasteiger partial charge in [-0.2, -0.15) is 14.6 Å². The number of ether oxygens (including phenoxy) is 2. The monoisotopic (exact) mass is 532 g/mol. The van der Waals surface area contributed by atoms with Crippen molar-refractivity contribution in [2.24, 2.45) is 0 Å². The number of halogens is 1. The van der Waals surface area contributed by atoms with E-state index in [1.165, 1.54) is 6.08 Å². The fourth-order valence-electron chi connectivity index (χ4n) is 2.85. The van der Waals surface area contributed by atoms with Crippen molar-refractivity contribution in [1.82, 2.24) is 9.36 Å². The van der Waals surface area contributed by atoms with Gasteiger partial charge in [-0.15, -0.1) is 0 Å². The van der Waals surface area contributed by atoms with Gasteiger partial charge in [0, 0.05) is 17.8 Å². The van der Waals surface area contributed by atoms with E-state index in [4.69, 9.17) is 21.1 Å². The summed E-state index contributed by atoms with van der Waals surface area (Å²) >= 11 is 7.00. The first-order valence-electron chi connectivity index (χ1n) is 10.3. The topological polar surface area (TPSA) is 131 Å². The number of amides is 1. The predicted molar refractivity (Wildman–Crippen MR) is 134 cm³/mol. The number of nitriles is 1. The van der Waals surface area contributed by atoms with Crippen LogP contribution in [0.1, 0.15) is 18.1 Å². The molecule has 3 rings (SSSR count). The molecule has 2 aromatic carbocycles. The smallest absolute Gasteiger partial charge is 0.268 e. The molecule has 3 aromatic rings. The molecule has 0 saturated heterocycles. The number of rotatable bonds is 10. The second kappa shape index (κ2) is 11.8. The Hall–Kier alpha value is -3.46. The van der Waals surface area contributed by atoms with Crippen LogP contribution < -0.4 is 14.8 Å². The molecule has 0 spiro atoms. The molecule has 0 aliphatic heterocycles. The minimum atomic E-state index is -3.60. The number of carbonyl (C=O) groups is 1. The van der Waals surface area contributed by atoms with Gasteiger partial charge in [0.05, 0.1) is 5.02 Å². The average Bonchev–Trinajstić information content (AvgIpc) is 3.30. The van der Waals surface area contributed by atoms with Crippen LogP contribution in [0, 0.1) is 11.3 Å². The van der Waals surface area contributed by atoms with Crippen molar-refractivity contribution >= 4 is 50.1 Å². The van der Waals surface area contributed by atoms with E-state index in [0.717, 1.165) is 24.0 Å². The molecule has 0 aliphatic rings. The van der Waals surface area contributed by atoms with Crippen molar-refractivity contribution in [3.05, 3.63) is 64.2 Å². The maximum absolute atomic E-state index is 12.4. The molecule has 9 nitrogen and oxygen atoms in total. The van der Waals surface area contributed by atoms with Crippen molar-refractivity contribution in [2.45, 2.75) is 18.5 Å². The Morgan fingerprint density at radius 2 is 1.91 bits per heavy atom.